The van der Waals surface area contributed by atoms with Crippen molar-refractivity contribution < 1.29 is 14.3 Å². The molecule has 1 amide bonds. The molecule has 1 heterocycles. The van der Waals surface area contributed by atoms with Gasteiger partial charge in [0.15, 0.2) is 0 Å². The second kappa shape index (κ2) is 8.02. The van der Waals surface area contributed by atoms with Gasteiger partial charge in [0.05, 0.1) is 11.1 Å². The van der Waals surface area contributed by atoms with Crippen LogP contribution >= 0.6 is 0 Å². The molecule has 4 rings (SSSR count). The average molecular weight is 384 g/mol. The molecule has 0 atom stereocenters. The summed E-state index contributed by atoms with van der Waals surface area (Å²) in [7, 11) is 0. The highest BCUT2D eigenvalue weighted by molar-refractivity contribution is 6.14. The molecule has 0 fully saturated rings. The predicted octanol–water partition coefficient (Wildman–Crippen LogP) is 5.13. The van der Waals surface area contributed by atoms with Gasteiger partial charge >= 0.3 is 0 Å². The zero-order valence-corrected chi connectivity index (χ0v) is 16.0. The fourth-order valence-corrected chi connectivity index (χ4v) is 3.19. The van der Waals surface area contributed by atoms with Gasteiger partial charge in [-0.3, -0.25) is 14.2 Å². The summed E-state index contributed by atoms with van der Waals surface area (Å²) in [6.45, 7) is 1.96. The predicted molar refractivity (Wildman–Crippen MR) is 113 cm³/mol. The molecule has 0 bridgehead atoms. The quantitative estimate of drug-likeness (QED) is 0.519. The van der Waals surface area contributed by atoms with Crippen molar-refractivity contribution in [1.82, 2.24) is 4.57 Å². The standard InChI is InChI=1S/C24H20N2O3/c1-17(27)26-15-22(21-9-5-6-10-23(21)26)24(28)25-19-11-13-20(14-12-19)29-16-18-7-3-2-4-8-18/h2-15H,16H2,1H3,(H,25,28). The van der Waals surface area contributed by atoms with Crippen molar-refractivity contribution in [3.63, 3.8) is 0 Å². The van der Waals surface area contributed by atoms with Crippen LogP contribution in [-0.2, 0) is 6.61 Å². The largest absolute Gasteiger partial charge is 0.489 e. The highest BCUT2D eigenvalue weighted by Gasteiger charge is 2.16. The van der Waals surface area contributed by atoms with E-state index in [1.165, 1.54) is 11.5 Å². The lowest BCUT2D eigenvalue weighted by atomic mass is 10.1. The van der Waals surface area contributed by atoms with E-state index >= 15 is 0 Å². The van der Waals surface area contributed by atoms with Gasteiger partial charge in [-0.2, -0.15) is 0 Å². The van der Waals surface area contributed by atoms with E-state index in [4.69, 9.17) is 4.74 Å². The second-order valence-electron chi connectivity index (χ2n) is 6.70. The van der Waals surface area contributed by atoms with Crippen LogP contribution in [0.3, 0.4) is 0 Å². The van der Waals surface area contributed by atoms with Crippen molar-refractivity contribution in [2.75, 3.05) is 5.32 Å². The summed E-state index contributed by atoms with van der Waals surface area (Å²) >= 11 is 0. The van der Waals surface area contributed by atoms with Gasteiger partial charge in [-0.05, 0) is 35.9 Å². The first-order valence-electron chi connectivity index (χ1n) is 9.31. The number of nitrogens with one attached hydrogen (secondary N) is 1. The van der Waals surface area contributed by atoms with Gasteiger partial charge in [-0.25, -0.2) is 0 Å². The Kier molecular flexibility index (Phi) is 5.12. The highest BCUT2D eigenvalue weighted by atomic mass is 16.5. The van der Waals surface area contributed by atoms with Crippen molar-refractivity contribution >= 4 is 28.4 Å². The van der Waals surface area contributed by atoms with Gasteiger partial charge in [-0.15, -0.1) is 0 Å². The summed E-state index contributed by atoms with van der Waals surface area (Å²) in [5, 5.41) is 3.62. The molecule has 0 spiro atoms. The van der Waals surface area contributed by atoms with E-state index in [0.29, 0.717) is 17.9 Å². The van der Waals surface area contributed by atoms with Gasteiger partial charge in [0.2, 0.25) is 5.91 Å². The maximum absolute atomic E-state index is 12.8. The van der Waals surface area contributed by atoms with E-state index in [1.54, 1.807) is 18.3 Å². The number of ether oxygens (including phenoxy) is 1. The van der Waals surface area contributed by atoms with Gasteiger partial charge in [0, 0.05) is 24.2 Å². The number of fused-ring (bicyclic) bond motifs is 1. The van der Waals surface area contributed by atoms with Gasteiger partial charge in [0.25, 0.3) is 5.91 Å². The molecule has 0 saturated carbocycles. The molecule has 0 aliphatic heterocycles. The third-order valence-electron chi connectivity index (χ3n) is 4.66. The normalized spacial score (nSPS) is 10.7. The Morgan fingerprint density at radius 1 is 0.897 bits per heavy atom. The number of amides is 1. The number of carbonyl (C=O) groups excluding carboxylic acids is 2. The van der Waals surface area contributed by atoms with Crippen LogP contribution in [0.1, 0.15) is 27.6 Å². The van der Waals surface area contributed by atoms with Gasteiger partial charge < -0.3 is 10.1 Å². The summed E-state index contributed by atoms with van der Waals surface area (Å²) in [5.41, 5.74) is 2.92. The minimum atomic E-state index is -0.265. The van der Waals surface area contributed by atoms with E-state index in [9.17, 15) is 9.59 Å². The van der Waals surface area contributed by atoms with Crippen LogP contribution in [0.2, 0.25) is 0 Å². The van der Waals surface area contributed by atoms with Crippen LogP contribution in [0.5, 0.6) is 5.75 Å². The summed E-state index contributed by atoms with van der Waals surface area (Å²) in [6.07, 6.45) is 1.58. The number of benzene rings is 3. The number of hydrogen-bond donors (Lipinski definition) is 1. The Morgan fingerprint density at radius 3 is 2.31 bits per heavy atom. The second-order valence-corrected chi connectivity index (χ2v) is 6.70. The van der Waals surface area contributed by atoms with E-state index in [2.05, 4.69) is 5.32 Å². The summed E-state index contributed by atoms with van der Waals surface area (Å²) < 4.78 is 7.26. The van der Waals surface area contributed by atoms with Crippen molar-refractivity contribution in [2.24, 2.45) is 0 Å². The van der Waals surface area contributed by atoms with Crippen LogP contribution in [0, 0.1) is 0 Å². The zero-order chi connectivity index (χ0) is 20.2. The molecule has 3 aromatic carbocycles. The fraction of sp³-hybridized carbons (Fsp3) is 0.0833. The van der Waals surface area contributed by atoms with Crippen LogP contribution in [0.15, 0.2) is 85.1 Å². The number of rotatable bonds is 5. The summed E-state index contributed by atoms with van der Waals surface area (Å²) in [5.74, 6) is 0.319. The lowest BCUT2D eigenvalue weighted by Crippen LogP contribution is -2.12. The molecule has 0 radical (unpaired) electrons. The Hall–Kier alpha value is -3.86. The molecule has 0 saturated heterocycles. The molecular formula is C24H20N2O3. The highest BCUT2D eigenvalue weighted by Crippen LogP contribution is 2.23. The molecule has 0 unspecified atom stereocenters. The number of para-hydroxylation sites is 1. The Bertz CT molecular complexity index is 1160. The SMILES string of the molecule is CC(=O)n1cc(C(=O)Nc2ccc(OCc3ccccc3)cc2)c2ccccc21. The first-order valence-corrected chi connectivity index (χ1v) is 9.31. The Labute approximate surface area is 168 Å². The van der Waals surface area contributed by atoms with Crippen molar-refractivity contribution in [2.45, 2.75) is 13.5 Å². The van der Waals surface area contributed by atoms with Crippen LogP contribution in [0.4, 0.5) is 5.69 Å². The third-order valence-corrected chi connectivity index (χ3v) is 4.66. The van der Waals surface area contributed by atoms with E-state index < -0.39 is 0 Å². The van der Waals surface area contributed by atoms with Crippen LogP contribution < -0.4 is 10.1 Å². The average Bonchev–Trinajstić information content (AvgIpc) is 3.14. The lowest BCUT2D eigenvalue weighted by Gasteiger charge is -2.08. The lowest BCUT2D eigenvalue weighted by molar-refractivity contribution is 0.0941. The van der Waals surface area contributed by atoms with Gasteiger partial charge in [-0.1, -0.05) is 48.5 Å². The van der Waals surface area contributed by atoms with Crippen molar-refractivity contribution in [1.29, 1.82) is 0 Å². The molecule has 1 N–H and O–H groups in total. The summed E-state index contributed by atoms with van der Waals surface area (Å²) in [4.78, 5) is 24.7. The van der Waals surface area contributed by atoms with E-state index in [-0.39, 0.29) is 11.8 Å². The Morgan fingerprint density at radius 2 is 1.59 bits per heavy atom. The number of anilines is 1. The maximum atomic E-state index is 12.8. The molecule has 144 valence electrons. The monoisotopic (exact) mass is 384 g/mol. The molecule has 1 aromatic heterocycles. The topological polar surface area (TPSA) is 60.3 Å². The molecular weight excluding hydrogens is 364 g/mol. The van der Waals surface area contributed by atoms with E-state index in [1.807, 2.05) is 66.7 Å². The smallest absolute Gasteiger partial charge is 0.257 e. The summed E-state index contributed by atoms with van der Waals surface area (Å²) in [6, 6.07) is 24.5. The zero-order valence-electron chi connectivity index (χ0n) is 16.0. The van der Waals surface area contributed by atoms with E-state index in [0.717, 1.165) is 22.2 Å². The third kappa shape index (κ3) is 4.04. The molecule has 0 aliphatic carbocycles. The maximum Gasteiger partial charge on any atom is 0.257 e. The van der Waals surface area contributed by atoms with Crippen LogP contribution in [0.25, 0.3) is 10.9 Å². The number of hydrogen-bond acceptors (Lipinski definition) is 3. The molecule has 29 heavy (non-hydrogen) atoms. The van der Waals surface area contributed by atoms with Crippen molar-refractivity contribution in [3.05, 3.63) is 96.2 Å². The number of nitrogens with zero attached hydrogens (tertiary/aromatic N) is 1. The Balaban J connectivity index is 1.48. The minimum Gasteiger partial charge on any atom is -0.489 e. The van der Waals surface area contributed by atoms with Crippen LogP contribution in [-0.4, -0.2) is 16.4 Å². The molecule has 4 aromatic rings. The van der Waals surface area contributed by atoms with Crippen molar-refractivity contribution in [3.8, 4) is 5.75 Å². The van der Waals surface area contributed by atoms with Gasteiger partial charge in [0.1, 0.15) is 12.4 Å². The first kappa shape index (κ1) is 18.5. The molecule has 0 aliphatic rings. The molecule has 5 nitrogen and oxygen atoms in total. The molecule has 5 heteroatoms. The fourth-order valence-electron chi connectivity index (χ4n) is 3.19. The minimum absolute atomic E-state index is 0.139. The number of carbonyl (C=O) groups is 2. The number of aromatic nitrogens is 1. The first-order chi connectivity index (χ1) is 14.1.